The molecular formula is C21H24N2O. The van der Waals surface area contributed by atoms with E-state index in [0.717, 1.165) is 39.3 Å². The average Bonchev–Trinajstić information content (AvgIpc) is 2.59. The Morgan fingerprint density at radius 2 is 1.04 bits per heavy atom. The second-order valence-electron chi connectivity index (χ2n) is 7.16. The third kappa shape index (κ3) is 3.42. The second-order valence-corrected chi connectivity index (χ2v) is 7.16. The van der Waals surface area contributed by atoms with Gasteiger partial charge in [0.15, 0.2) is 0 Å². The van der Waals surface area contributed by atoms with Crippen molar-refractivity contribution in [2.24, 2.45) is 11.8 Å². The molecule has 2 saturated heterocycles. The van der Waals surface area contributed by atoms with Gasteiger partial charge in [-0.05, 0) is 11.1 Å². The van der Waals surface area contributed by atoms with E-state index < -0.39 is 0 Å². The Morgan fingerprint density at radius 3 is 1.42 bits per heavy atom. The third-order valence-corrected chi connectivity index (χ3v) is 5.22. The summed E-state index contributed by atoms with van der Waals surface area (Å²) in [6.07, 6.45) is 0. The number of nitrogens with zero attached hydrogens (tertiary/aromatic N) is 2. The number of likely N-dealkylation sites (tertiary alicyclic amines) is 2. The number of carbonyl (C=O) groups excluding carboxylic acids is 1. The van der Waals surface area contributed by atoms with E-state index in [0.29, 0.717) is 5.78 Å². The van der Waals surface area contributed by atoms with Crippen LogP contribution in [0, 0.1) is 11.8 Å². The summed E-state index contributed by atoms with van der Waals surface area (Å²) in [6, 6.07) is 21.2. The van der Waals surface area contributed by atoms with Gasteiger partial charge in [0, 0.05) is 51.1 Å². The topological polar surface area (TPSA) is 23.6 Å². The molecule has 2 aliphatic rings. The zero-order valence-electron chi connectivity index (χ0n) is 14.0. The van der Waals surface area contributed by atoms with Crippen molar-refractivity contribution >= 4 is 5.78 Å². The number of piperidine rings is 2. The van der Waals surface area contributed by atoms with Gasteiger partial charge in [0.2, 0.25) is 0 Å². The molecule has 0 radical (unpaired) electrons. The predicted molar refractivity (Wildman–Crippen MR) is 95.4 cm³/mol. The first-order valence-corrected chi connectivity index (χ1v) is 8.84. The van der Waals surface area contributed by atoms with Gasteiger partial charge in [-0.25, -0.2) is 0 Å². The lowest BCUT2D eigenvalue weighted by Gasteiger charge is -2.44. The molecular weight excluding hydrogens is 296 g/mol. The van der Waals surface area contributed by atoms with E-state index in [9.17, 15) is 4.79 Å². The van der Waals surface area contributed by atoms with Crippen LogP contribution in [-0.2, 0) is 17.9 Å². The lowest BCUT2D eigenvalue weighted by Crippen LogP contribution is -2.57. The van der Waals surface area contributed by atoms with E-state index in [1.807, 2.05) is 0 Å². The summed E-state index contributed by atoms with van der Waals surface area (Å²) in [5.41, 5.74) is 2.68. The maximum atomic E-state index is 12.6. The van der Waals surface area contributed by atoms with Crippen LogP contribution < -0.4 is 0 Å². The highest BCUT2D eigenvalue weighted by molar-refractivity contribution is 5.85. The number of hydrogen-bond acceptors (Lipinski definition) is 3. The third-order valence-electron chi connectivity index (χ3n) is 5.22. The number of benzene rings is 2. The van der Waals surface area contributed by atoms with Gasteiger partial charge in [0.1, 0.15) is 5.78 Å². The molecule has 0 amide bonds. The minimum absolute atomic E-state index is 0.171. The lowest BCUT2D eigenvalue weighted by atomic mass is 9.83. The van der Waals surface area contributed by atoms with Crippen LogP contribution in [0.2, 0.25) is 0 Å². The number of ketones is 1. The fourth-order valence-corrected chi connectivity index (χ4v) is 4.15. The van der Waals surface area contributed by atoms with Crippen molar-refractivity contribution in [1.29, 1.82) is 0 Å². The van der Waals surface area contributed by atoms with E-state index in [1.165, 1.54) is 11.1 Å². The van der Waals surface area contributed by atoms with Gasteiger partial charge in [-0.3, -0.25) is 14.6 Å². The van der Waals surface area contributed by atoms with Gasteiger partial charge in [0.05, 0.1) is 0 Å². The fourth-order valence-electron chi connectivity index (χ4n) is 4.15. The van der Waals surface area contributed by atoms with Crippen molar-refractivity contribution in [2.75, 3.05) is 26.2 Å². The minimum Gasteiger partial charge on any atom is -0.299 e. The van der Waals surface area contributed by atoms with Crippen molar-refractivity contribution in [1.82, 2.24) is 9.80 Å². The summed E-state index contributed by atoms with van der Waals surface area (Å²) in [5.74, 6) is 0.832. The number of rotatable bonds is 4. The fraction of sp³-hybridized carbons (Fsp3) is 0.381. The van der Waals surface area contributed by atoms with E-state index in [4.69, 9.17) is 0 Å². The van der Waals surface area contributed by atoms with Crippen molar-refractivity contribution < 1.29 is 4.79 Å². The molecule has 3 heteroatoms. The van der Waals surface area contributed by atoms with Crippen LogP contribution in [0.3, 0.4) is 0 Å². The van der Waals surface area contributed by atoms with Crippen LogP contribution in [0.1, 0.15) is 11.1 Å². The Labute approximate surface area is 143 Å². The van der Waals surface area contributed by atoms with Crippen LogP contribution in [0.4, 0.5) is 0 Å². The highest BCUT2D eigenvalue weighted by Crippen LogP contribution is 2.27. The predicted octanol–water partition coefficient (Wildman–Crippen LogP) is 2.82. The Balaban J connectivity index is 1.40. The maximum Gasteiger partial charge on any atom is 0.144 e. The summed E-state index contributed by atoms with van der Waals surface area (Å²) in [7, 11) is 0. The summed E-state index contributed by atoms with van der Waals surface area (Å²) >= 11 is 0. The molecule has 2 aliphatic heterocycles. The van der Waals surface area contributed by atoms with Gasteiger partial charge in [0.25, 0.3) is 0 Å². The Morgan fingerprint density at radius 1 is 0.667 bits per heavy atom. The average molecular weight is 320 g/mol. The first-order chi connectivity index (χ1) is 11.8. The standard InChI is InChI=1S/C21H24N2O/c24-21-19-13-22(11-17-7-3-1-4-8-17)14-20(21)16-23(15-19)12-18-9-5-2-6-10-18/h1-10,19-20H,11-16H2. The summed E-state index contributed by atoms with van der Waals surface area (Å²) in [5, 5.41) is 0. The van der Waals surface area contributed by atoms with Crippen LogP contribution in [0.15, 0.2) is 60.7 Å². The maximum absolute atomic E-state index is 12.6. The van der Waals surface area contributed by atoms with Crippen LogP contribution in [-0.4, -0.2) is 41.8 Å². The zero-order valence-corrected chi connectivity index (χ0v) is 14.0. The van der Waals surface area contributed by atoms with E-state index in [-0.39, 0.29) is 11.8 Å². The molecule has 2 heterocycles. The van der Waals surface area contributed by atoms with Crippen molar-refractivity contribution in [3.8, 4) is 0 Å². The SMILES string of the molecule is O=C1C2CN(Cc3ccccc3)CC1CN(Cc1ccccc1)C2. The largest absolute Gasteiger partial charge is 0.299 e. The quantitative estimate of drug-likeness (QED) is 0.865. The Kier molecular flexibility index (Phi) is 4.46. The van der Waals surface area contributed by atoms with Gasteiger partial charge >= 0.3 is 0 Å². The van der Waals surface area contributed by atoms with E-state index in [1.54, 1.807) is 0 Å². The molecule has 2 bridgehead atoms. The summed E-state index contributed by atoms with van der Waals surface area (Å²) in [4.78, 5) is 17.5. The first kappa shape index (κ1) is 15.6. The van der Waals surface area contributed by atoms with Gasteiger partial charge in [-0.2, -0.15) is 0 Å². The molecule has 2 aromatic carbocycles. The molecule has 3 nitrogen and oxygen atoms in total. The monoisotopic (exact) mass is 320 g/mol. The van der Waals surface area contributed by atoms with Gasteiger partial charge in [-0.15, -0.1) is 0 Å². The lowest BCUT2D eigenvalue weighted by molar-refractivity contribution is -0.138. The molecule has 0 atom stereocenters. The molecule has 0 unspecified atom stereocenters. The normalized spacial score (nSPS) is 24.9. The first-order valence-electron chi connectivity index (χ1n) is 8.84. The highest BCUT2D eigenvalue weighted by Gasteiger charge is 2.40. The minimum atomic E-state index is 0.171. The molecule has 0 aromatic heterocycles. The van der Waals surface area contributed by atoms with Crippen LogP contribution >= 0.6 is 0 Å². The van der Waals surface area contributed by atoms with Crippen molar-refractivity contribution in [2.45, 2.75) is 13.1 Å². The van der Waals surface area contributed by atoms with E-state index in [2.05, 4.69) is 70.5 Å². The summed E-state index contributed by atoms with van der Waals surface area (Å²) in [6.45, 7) is 5.51. The second kappa shape index (κ2) is 6.88. The van der Waals surface area contributed by atoms with Crippen LogP contribution in [0.5, 0.6) is 0 Å². The van der Waals surface area contributed by atoms with Gasteiger partial charge < -0.3 is 0 Å². The number of hydrogen-bond donors (Lipinski definition) is 0. The molecule has 124 valence electrons. The van der Waals surface area contributed by atoms with Crippen LogP contribution in [0.25, 0.3) is 0 Å². The van der Waals surface area contributed by atoms with Crippen molar-refractivity contribution in [3.05, 3.63) is 71.8 Å². The summed E-state index contributed by atoms with van der Waals surface area (Å²) < 4.78 is 0. The number of carbonyl (C=O) groups is 1. The molecule has 4 rings (SSSR count). The molecule has 0 aliphatic carbocycles. The molecule has 2 aromatic rings. The van der Waals surface area contributed by atoms with Gasteiger partial charge in [-0.1, -0.05) is 60.7 Å². The number of Topliss-reactive ketones (excluding diaryl/α,β-unsaturated/α-hetero) is 1. The molecule has 2 fully saturated rings. The van der Waals surface area contributed by atoms with E-state index >= 15 is 0 Å². The molecule has 0 spiro atoms. The smallest absolute Gasteiger partial charge is 0.144 e. The molecule has 0 N–H and O–H groups in total. The highest BCUT2D eigenvalue weighted by atomic mass is 16.1. The molecule has 24 heavy (non-hydrogen) atoms. The Hall–Kier alpha value is -1.97. The number of fused-ring (bicyclic) bond motifs is 2. The molecule has 0 saturated carbocycles. The zero-order chi connectivity index (χ0) is 16.4. The Bertz CT molecular complexity index is 614. The van der Waals surface area contributed by atoms with Crippen molar-refractivity contribution in [3.63, 3.8) is 0 Å².